The average Bonchev–Trinajstić information content (AvgIpc) is 3.09. The third-order valence-corrected chi connectivity index (χ3v) is 5.38. The first-order valence-corrected chi connectivity index (χ1v) is 10.6. The van der Waals surface area contributed by atoms with Crippen molar-refractivity contribution in [3.05, 3.63) is 105 Å². The van der Waals surface area contributed by atoms with Crippen LogP contribution in [0.15, 0.2) is 72.8 Å². The summed E-state index contributed by atoms with van der Waals surface area (Å²) in [5.74, 6) is -1.35. The first kappa shape index (κ1) is 22.7. The number of carbonyl (C=O) groups is 3. The van der Waals surface area contributed by atoms with Gasteiger partial charge in [0.05, 0.1) is 10.5 Å². The summed E-state index contributed by atoms with van der Waals surface area (Å²) in [6, 6.07) is 21.2. The molecule has 4 rings (SSSR count). The van der Waals surface area contributed by atoms with Crippen LogP contribution < -0.4 is 10.1 Å². The summed E-state index contributed by atoms with van der Waals surface area (Å²) in [4.78, 5) is 48.5. The standard InChI is InChI=1S/C25H21N3O6/c29-22(15-27-24(30)20-7-4-8-21(28(32)33)23(20)25(27)31)26-14-13-17-9-11-19(12-10-17)34-16-18-5-2-1-3-6-18/h1-12H,13-16H2,(H,26,29). The maximum Gasteiger partial charge on any atom is 0.282 e. The molecule has 0 aromatic heterocycles. The van der Waals surface area contributed by atoms with Crippen molar-refractivity contribution in [2.24, 2.45) is 0 Å². The Bertz CT molecular complexity index is 1240. The van der Waals surface area contributed by atoms with Gasteiger partial charge in [0.1, 0.15) is 24.5 Å². The molecule has 0 bridgehead atoms. The number of carbonyl (C=O) groups excluding carboxylic acids is 3. The van der Waals surface area contributed by atoms with Gasteiger partial charge in [-0.25, -0.2) is 0 Å². The molecular formula is C25H21N3O6. The van der Waals surface area contributed by atoms with Crippen LogP contribution in [0.25, 0.3) is 0 Å². The number of amides is 3. The van der Waals surface area contributed by atoms with E-state index in [4.69, 9.17) is 4.74 Å². The zero-order valence-electron chi connectivity index (χ0n) is 18.1. The van der Waals surface area contributed by atoms with Crippen LogP contribution in [0, 0.1) is 10.1 Å². The number of nitro benzene ring substituents is 1. The van der Waals surface area contributed by atoms with Crippen molar-refractivity contribution >= 4 is 23.4 Å². The number of nitrogens with one attached hydrogen (secondary N) is 1. The highest BCUT2D eigenvalue weighted by Gasteiger charge is 2.41. The molecule has 0 saturated carbocycles. The molecule has 1 aliphatic rings. The summed E-state index contributed by atoms with van der Waals surface area (Å²) in [6.45, 7) is 0.263. The van der Waals surface area contributed by atoms with Gasteiger partial charge in [0.2, 0.25) is 5.91 Å². The maximum absolute atomic E-state index is 12.5. The van der Waals surface area contributed by atoms with Crippen LogP contribution in [0.2, 0.25) is 0 Å². The minimum atomic E-state index is -0.839. The van der Waals surface area contributed by atoms with E-state index in [0.29, 0.717) is 19.6 Å². The Morgan fingerprint density at radius 1 is 0.912 bits per heavy atom. The summed E-state index contributed by atoms with van der Waals surface area (Å²) < 4.78 is 5.75. The Morgan fingerprint density at radius 2 is 1.65 bits per heavy atom. The van der Waals surface area contributed by atoms with Crippen molar-refractivity contribution in [1.29, 1.82) is 0 Å². The fraction of sp³-hybridized carbons (Fsp3) is 0.160. The lowest BCUT2D eigenvalue weighted by Crippen LogP contribution is -2.40. The van der Waals surface area contributed by atoms with Crippen molar-refractivity contribution in [3.63, 3.8) is 0 Å². The van der Waals surface area contributed by atoms with E-state index in [1.807, 2.05) is 54.6 Å². The normalized spacial score (nSPS) is 12.4. The molecular weight excluding hydrogens is 438 g/mol. The molecule has 3 aromatic carbocycles. The number of imide groups is 1. The molecule has 1 N–H and O–H groups in total. The third-order valence-electron chi connectivity index (χ3n) is 5.38. The van der Waals surface area contributed by atoms with Gasteiger partial charge in [-0.15, -0.1) is 0 Å². The highest BCUT2D eigenvalue weighted by atomic mass is 16.6. The monoisotopic (exact) mass is 459 g/mol. The zero-order valence-corrected chi connectivity index (χ0v) is 18.1. The van der Waals surface area contributed by atoms with Gasteiger partial charge in [-0.1, -0.05) is 48.5 Å². The van der Waals surface area contributed by atoms with E-state index in [1.54, 1.807) is 0 Å². The van der Waals surface area contributed by atoms with Crippen LogP contribution in [-0.4, -0.2) is 40.6 Å². The minimum absolute atomic E-state index is 0.0680. The van der Waals surface area contributed by atoms with E-state index in [0.717, 1.165) is 27.8 Å². The van der Waals surface area contributed by atoms with Crippen LogP contribution in [-0.2, 0) is 17.8 Å². The topological polar surface area (TPSA) is 119 Å². The Kier molecular flexibility index (Phi) is 6.63. The molecule has 0 atom stereocenters. The molecule has 3 amide bonds. The van der Waals surface area contributed by atoms with E-state index in [-0.39, 0.29) is 11.1 Å². The van der Waals surface area contributed by atoms with Gasteiger partial charge in [0.15, 0.2) is 0 Å². The minimum Gasteiger partial charge on any atom is -0.489 e. The van der Waals surface area contributed by atoms with Gasteiger partial charge in [-0.2, -0.15) is 0 Å². The summed E-state index contributed by atoms with van der Waals surface area (Å²) in [6.07, 6.45) is 0.540. The number of hydrogen-bond donors (Lipinski definition) is 1. The Labute approximate surface area is 195 Å². The summed E-state index contributed by atoms with van der Waals surface area (Å²) in [5.41, 5.74) is 1.25. The fourth-order valence-corrected chi connectivity index (χ4v) is 3.65. The first-order valence-electron chi connectivity index (χ1n) is 10.6. The largest absolute Gasteiger partial charge is 0.489 e. The molecule has 0 unspecified atom stereocenters. The molecule has 172 valence electrons. The quantitative estimate of drug-likeness (QED) is 0.298. The van der Waals surface area contributed by atoms with E-state index < -0.39 is 34.9 Å². The molecule has 1 heterocycles. The molecule has 0 radical (unpaired) electrons. The molecule has 0 spiro atoms. The Morgan fingerprint density at radius 3 is 2.35 bits per heavy atom. The highest BCUT2D eigenvalue weighted by Crippen LogP contribution is 2.30. The van der Waals surface area contributed by atoms with Gasteiger partial charge < -0.3 is 10.1 Å². The van der Waals surface area contributed by atoms with Crippen LogP contribution in [0.3, 0.4) is 0 Å². The highest BCUT2D eigenvalue weighted by molar-refractivity contribution is 6.24. The third kappa shape index (κ3) is 4.93. The lowest BCUT2D eigenvalue weighted by molar-refractivity contribution is -0.385. The smallest absolute Gasteiger partial charge is 0.282 e. The number of fused-ring (bicyclic) bond motifs is 1. The van der Waals surface area contributed by atoms with E-state index in [2.05, 4.69) is 5.32 Å². The second-order valence-corrected chi connectivity index (χ2v) is 7.67. The van der Waals surface area contributed by atoms with Gasteiger partial charge in [0.25, 0.3) is 17.5 Å². The van der Waals surface area contributed by atoms with Crippen molar-refractivity contribution in [3.8, 4) is 5.75 Å². The van der Waals surface area contributed by atoms with Crippen LogP contribution in [0.4, 0.5) is 5.69 Å². The molecule has 3 aromatic rings. The van der Waals surface area contributed by atoms with Crippen LogP contribution >= 0.6 is 0 Å². The predicted molar refractivity (Wildman–Crippen MR) is 122 cm³/mol. The number of ether oxygens (including phenoxy) is 1. The number of nitrogens with zero attached hydrogens (tertiary/aromatic N) is 2. The Balaban J connectivity index is 1.26. The van der Waals surface area contributed by atoms with Crippen LogP contribution in [0.5, 0.6) is 5.75 Å². The summed E-state index contributed by atoms with van der Waals surface area (Å²) >= 11 is 0. The molecule has 34 heavy (non-hydrogen) atoms. The lowest BCUT2D eigenvalue weighted by Gasteiger charge is -2.13. The van der Waals surface area contributed by atoms with Crippen molar-refractivity contribution in [2.45, 2.75) is 13.0 Å². The van der Waals surface area contributed by atoms with E-state index >= 15 is 0 Å². The SMILES string of the molecule is O=C(CN1C(=O)c2cccc([N+](=O)[O-])c2C1=O)NCCc1ccc(OCc2ccccc2)cc1. The molecule has 0 aliphatic carbocycles. The summed E-state index contributed by atoms with van der Waals surface area (Å²) in [5, 5.41) is 13.9. The molecule has 9 nitrogen and oxygen atoms in total. The lowest BCUT2D eigenvalue weighted by atomic mass is 10.1. The van der Waals surface area contributed by atoms with Gasteiger partial charge in [0, 0.05) is 12.6 Å². The van der Waals surface area contributed by atoms with E-state index in [9.17, 15) is 24.5 Å². The number of benzene rings is 3. The number of hydrogen-bond acceptors (Lipinski definition) is 6. The van der Waals surface area contributed by atoms with Gasteiger partial charge in [-0.3, -0.25) is 29.4 Å². The molecule has 9 heteroatoms. The fourth-order valence-electron chi connectivity index (χ4n) is 3.65. The summed E-state index contributed by atoms with van der Waals surface area (Å²) in [7, 11) is 0. The number of rotatable bonds is 9. The average molecular weight is 459 g/mol. The zero-order chi connectivity index (χ0) is 24.1. The second-order valence-electron chi connectivity index (χ2n) is 7.67. The second kappa shape index (κ2) is 9.95. The van der Waals surface area contributed by atoms with E-state index in [1.165, 1.54) is 12.1 Å². The van der Waals surface area contributed by atoms with Crippen molar-refractivity contribution < 1.29 is 24.0 Å². The van der Waals surface area contributed by atoms with Gasteiger partial charge in [-0.05, 0) is 35.7 Å². The van der Waals surface area contributed by atoms with Crippen molar-refractivity contribution in [2.75, 3.05) is 13.1 Å². The molecule has 1 aliphatic heterocycles. The Hall–Kier alpha value is -4.53. The number of nitro groups is 1. The van der Waals surface area contributed by atoms with Crippen molar-refractivity contribution in [1.82, 2.24) is 10.2 Å². The molecule has 0 saturated heterocycles. The van der Waals surface area contributed by atoms with Crippen LogP contribution in [0.1, 0.15) is 31.8 Å². The first-order chi connectivity index (χ1) is 16.4. The van der Waals surface area contributed by atoms with Gasteiger partial charge >= 0.3 is 0 Å². The maximum atomic E-state index is 12.5. The predicted octanol–water partition coefficient (Wildman–Crippen LogP) is 3.13. The molecule has 0 fully saturated rings.